The van der Waals surface area contributed by atoms with Crippen LogP contribution in [0.5, 0.6) is 0 Å². The van der Waals surface area contributed by atoms with Crippen LogP contribution in [0.3, 0.4) is 0 Å². The van der Waals surface area contributed by atoms with Gasteiger partial charge in [0.2, 0.25) is 0 Å². The lowest BCUT2D eigenvalue weighted by atomic mass is 10.2. The molecule has 0 bridgehead atoms. The molecule has 0 spiro atoms. The minimum absolute atomic E-state index is 0.354. The van der Waals surface area contributed by atoms with Crippen molar-refractivity contribution in [3.63, 3.8) is 0 Å². The highest BCUT2D eigenvalue weighted by atomic mass is 19.1. The van der Waals surface area contributed by atoms with Gasteiger partial charge in [0.25, 0.3) is 5.91 Å². The fourth-order valence-electron chi connectivity index (χ4n) is 3.22. The molecule has 6 nitrogen and oxygen atoms in total. The van der Waals surface area contributed by atoms with Gasteiger partial charge >= 0.3 is 0 Å². The highest BCUT2D eigenvalue weighted by molar-refractivity contribution is 6.04. The van der Waals surface area contributed by atoms with Gasteiger partial charge in [-0.1, -0.05) is 18.2 Å². The van der Waals surface area contributed by atoms with Crippen LogP contribution in [0.4, 0.5) is 27.1 Å². The van der Waals surface area contributed by atoms with E-state index in [0.717, 1.165) is 24.5 Å². The summed E-state index contributed by atoms with van der Waals surface area (Å²) in [6, 6.07) is 15.5. The second kappa shape index (κ2) is 8.70. The first-order valence-electron chi connectivity index (χ1n) is 9.40. The average molecular weight is 392 g/mol. The third-order valence-electron chi connectivity index (χ3n) is 4.62. The Bertz CT molecular complexity index is 1010. The molecule has 3 aromatic rings. The lowest BCUT2D eigenvalue weighted by Gasteiger charge is -2.30. The molecule has 1 saturated heterocycles. The van der Waals surface area contributed by atoms with Crippen molar-refractivity contribution in [1.29, 1.82) is 0 Å². The van der Waals surface area contributed by atoms with Gasteiger partial charge in [0.05, 0.1) is 42.0 Å². The second-order valence-electron chi connectivity index (χ2n) is 6.67. The second-order valence-corrected chi connectivity index (χ2v) is 6.67. The van der Waals surface area contributed by atoms with E-state index < -0.39 is 5.82 Å². The van der Waals surface area contributed by atoms with Gasteiger partial charge in [0, 0.05) is 25.0 Å². The predicted octanol–water partition coefficient (Wildman–Crippen LogP) is 4.05. The van der Waals surface area contributed by atoms with Crippen LogP contribution >= 0.6 is 0 Å². The van der Waals surface area contributed by atoms with Crippen LogP contribution in [0, 0.1) is 5.82 Å². The van der Waals surface area contributed by atoms with Gasteiger partial charge in [-0.3, -0.25) is 9.78 Å². The number of ether oxygens (including phenoxy) is 1. The number of anilines is 4. The van der Waals surface area contributed by atoms with Crippen LogP contribution in [0.1, 0.15) is 10.4 Å². The molecule has 0 saturated carbocycles. The molecule has 0 aliphatic carbocycles. The number of hydrogen-bond donors (Lipinski definition) is 2. The van der Waals surface area contributed by atoms with Gasteiger partial charge in [-0.25, -0.2) is 4.39 Å². The van der Waals surface area contributed by atoms with E-state index in [-0.39, 0.29) is 5.91 Å². The molecule has 4 rings (SSSR count). The van der Waals surface area contributed by atoms with E-state index in [0.29, 0.717) is 30.2 Å². The molecular weight excluding hydrogens is 371 g/mol. The molecule has 1 fully saturated rings. The number of nitrogens with zero attached hydrogens (tertiary/aromatic N) is 2. The maximum absolute atomic E-state index is 13.3. The molecule has 2 N–H and O–H groups in total. The van der Waals surface area contributed by atoms with Crippen molar-refractivity contribution in [2.24, 2.45) is 0 Å². The molecule has 2 aromatic carbocycles. The SMILES string of the molecule is O=C(Nc1cccc(F)c1)c1cncc(Nc2ccccc2N2CCOCC2)c1. The minimum Gasteiger partial charge on any atom is -0.378 e. The van der Waals surface area contributed by atoms with Crippen molar-refractivity contribution < 1.29 is 13.9 Å². The minimum atomic E-state index is -0.406. The number of benzene rings is 2. The standard InChI is InChI=1S/C22H21FN4O2/c23-17-4-3-5-18(13-17)26-22(28)16-12-19(15-24-14-16)25-20-6-1-2-7-21(20)27-8-10-29-11-9-27/h1-7,12-15,25H,8-11H2,(H,26,28). The number of halogens is 1. The number of morpholine rings is 1. The fourth-order valence-corrected chi connectivity index (χ4v) is 3.22. The Morgan fingerprint density at radius 3 is 2.66 bits per heavy atom. The summed E-state index contributed by atoms with van der Waals surface area (Å²) in [5, 5.41) is 6.04. The molecule has 148 valence electrons. The van der Waals surface area contributed by atoms with E-state index in [1.807, 2.05) is 18.2 Å². The van der Waals surface area contributed by atoms with E-state index in [9.17, 15) is 9.18 Å². The van der Waals surface area contributed by atoms with E-state index in [4.69, 9.17) is 4.74 Å². The summed E-state index contributed by atoms with van der Waals surface area (Å²) in [7, 11) is 0. The summed E-state index contributed by atoms with van der Waals surface area (Å²) in [6.07, 6.45) is 3.14. The maximum Gasteiger partial charge on any atom is 0.257 e. The molecule has 29 heavy (non-hydrogen) atoms. The zero-order valence-electron chi connectivity index (χ0n) is 15.8. The smallest absolute Gasteiger partial charge is 0.257 e. The number of hydrogen-bond acceptors (Lipinski definition) is 5. The highest BCUT2D eigenvalue weighted by Crippen LogP contribution is 2.29. The van der Waals surface area contributed by atoms with Crippen LogP contribution in [-0.2, 0) is 4.74 Å². The summed E-state index contributed by atoms with van der Waals surface area (Å²) in [6.45, 7) is 3.05. The molecule has 7 heteroatoms. The number of pyridine rings is 1. The van der Waals surface area contributed by atoms with Crippen LogP contribution in [0.15, 0.2) is 67.0 Å². The first-order chi connectivity index (χ1) is 14.2. The molecule has 0 atom stereocenters. The monoisotopic (exact) mass is 392 g/mol. The van der Waals surface area contributed by atoms with Crippen molar-refractivity contribution >= 4 is 28.7 Å². The van der Waals surface area contributed by atoms with Crippen LogP contribution in [-0.4, -0.2) is 37.2 Å². The van der Waals surface area contributed by atoms with E-state index in [1.165, 1.54) is 18.3 Å². The van der Waals surface area contributed by atoms with Crippen LogP contribution in [0.2, 0.25) is 0 Å². The Kier molecular flexibility index (Phi) is 5.67. The van der Waals surface area contributed by atoms with Gasteiger partial charge in [-0.05, 0) is 36.4 Å². The van der Waals surface area contributed by atoms with Crippen molar-refractivity contribution in [1.82, 2.24) is 4.98 Å². The molecule has 2 heterocycles. The third kappa shape index (κ3) is 4.70. The van der Waals surface area contributed by atoms with Crippen molar-refractivity contribution in [3.8, 4) is 0 Å². The number of carbonyl (C=O) groups is 1. The summed E-state index contributed by atoms with van der Waals surface area (Å²) in [5.74, 6) is -0.760. The van der Waals surface area contributed by atoms with Gasteiger partial charge in [0.15, 0.2) is 0 Å². The normalized spacial score (nSPS) is 13.8. The molecule has 0 unspecified atom stereocenters. The lowest BCUT2D eigenvalue weighted by Crippen LogP contribution is -2.36. The molecule has 1 amide bonds. The highest BCUT2D eigenvalue weighted by Gasteiger charge is 2.15. The maximum atomic E-state index is 13.3. The van der Waals surface area contributed by atoms with Crippen molar-refractivity contribution in [2.45, 2.75) is 0 Å². The first kappa shape index (κ1) is 18.9. The van der Waals surface area contributed by atoms with E-state index >= 15 is 0 Å². The Hall–Kier alpha value is -3.45. The third-order valence-corrected chi connectivity index (χ3v) is 4.62. The quantitative estimate of drug-likeness (QED) is 0.686. The van der Waals surface area contributed by atoms with Gasteiger partial charge in [0.1, 0.15) is 5.82 Å². The van der Waals surface area contributed by atoms with Gasteiger partial charge < -0.3 is 20.3 Å². The number of amides is 1. The summed E-state index contributed by atoms with van der Waals surface area (Å²) >= 11 is 0. The van der Waals surface area contributed by atoms with E-state index in [2.05, 4.69) is 26.6 Å². The van der Waals surface area contributed by atoms with Crippen LogP contribution < -0.4 is 15.5 Å². The first-order valence-corrected chi connectivity index (χ1v) is 9.40. The zero-order valence-corrected chi connectivity index (χ0v) is 15.8. The summed E-state index contributed by atoms with van der Waals surface area (Å²) in [5.41, 5.74) is 3.47. The van der Waals surface area contributed by atoms with Crippen molar-refractivity contribution in [3.05, 3.63) is 78.4 Å². The molecule has 1 aromatic heterocycles. The largest absolute Gasteiger partial charge is 0.378 e. The van der Waals surface area contributed by atoms with Gasteiger partial charge in [-0.15, -0.1) is 0 Å². The number of nitrogens with one attached hydrogen (secondary N) is 2. The number of rotatable bonds is 5. The zero-order chi connectivity index (χ0) is 20.1. The summed E-state index contributed by atoms with van der Waals surface area (Å²) < 4.78 is 18.8. The Labute approximate surface area is 168 Å². The molecule has 0 radical (unpaired) electrons. The number of carbonyl (C=O) groups excluding carboxylic acids is 1. The Morgan fingerprint density at radius 2 is 1.83 bits per heavy atom. The number of aromatic nitrogens is 1. The number of para-hydroxylation sites is 2. The molecule has 1 aliphatic rings. The topological polar surface area (TPSA) is 66.5 Å². The fraction of sp³-hybridized carbons (Fsp3) is 0.182. The predicted molar refractivity (Wildman–Crippen MR) is 111 cm³/mol. The van der Waals surface area contributed by atoms with Gasteiger partial charge in [-0.2, -0.15) is 0 Å². The van der Waals surface area contributed by atoms with E-state index in [1.54, 1.807) is 24.4 Å². The molecule has 1 aliphatic heterocycles. The molecular formula is C22H21FN4O2. The van der Waals surface area contributed by atoms with Crippen LogP contribution in [0.25, 0.3) is 0 Å². The summed E-state index contributed by atoms with van der Waals surface area (Å²) in [4.78, 5) is 19.0. The lowest BCUT2D eigenvalue weighted by molar-refractivity contribution is 0.102. The van der Waals surface area contributed by atoms with Crippen molar-refractivity contribution in [2.75, 3.05) is 41.8 Å². The average Bonchev–Trinajstić information content (AvgIpc) is 2.75. The Morgan fingerprint density at radius 1 is 1.00 bits per heavy atom. The Balaban J connectivity index is 1.52.